The number of carbonyl (C=O) groups is 2. The van der Waals surface area contributed by atoms with E-state index in [1.807, 2.05) is 26.8 Å². The van der Waals surface area contributed by atoms with Crippen molar-refractivity contribution in [3.05, 3.63) is 51.5 Å². The van der Waals surface area contributed by atoms with Crippen LogP contribution in [0.4, 0.5) is 4.39 Å². The number of aliphatic hydroxyl groups is 1. The van der Waals surface area contributed by atoms with Crippen LogP contribution in [0.5, 0.6) is 5.75 Å². The maximum absolute atomic E-state index is 13.5. The normalized spacial score (nSPS) is 10.5. The minimum Gasteiger partial charge on any atom is -0.492 e. The standard InChI is InChI=1S/C14H20FNO3.C10H11NOS2/c1-3-5-16-14(18)12-8-11(15)7-10(9-17)13(12)19-6-4-2;1-2-4-11-10(12)9-6-8-7(14-9)3-5-13-8/h7-8,17H,3-6,9H2,1-2H3,(H,16,18);3,5-6H,2,4H2,1H3,(H,11,12). The summed E-state index contributed by atoms with van der Waals surface area (Å²) in [6, 6.07) is 6.34. The van der Waals surface area contributed by atoms with E-state index in [0.29, 0.717) is 13.2 Å². The second-order valence-corrected chi connectivity index (χ2v) is 9.25. The van der Waals surface area contributed by atoms with Gasteiger partial charge in [-0.2, -0.15) is 0 Å². The molecule has 180 valence electrons. The highest BCUT2D eigenvalue weighted by Gasteiger charge is 2.18. The van der Waals surface area contributed by atoms with Crippen molar-refractivity contribution in [2.75, 3.05) is 19.7 Å². The Morgan fingerprint density at radius 2 is 1.70 bits per heavy atom. The summed E-state index contributed by atoms with van der Waals surface area (Å²) in [5, 5.41) is 16.8. The molecule has 0 bridgehead atoms. The Labute approximate surface area is 201 Å². The molecule has 3 aromatic rings. The van der Waals surface area contributed by atoms with Gasteiger partial charge in [-0.25, -0.2) is 4.39 Å². The number of ether oxygens (including phenoxy) is 1. The van der Waals surface area contributed by atoms with E-state index in [2.05, 4.69) is 22.1 Å². The molecular formula is C24H31FN2O4S2. The summed E-state index contributed by atoms with van der Waals surface area (Å²) < 4.78 is 21.3. The fraction of sp³-hybridized carbons (Fsp3) is 0.417. The fourth-order valence-corrected chi connectivity index (χ4v) is 4.87. The predicted octanol–water partition coefficient (Wildman–Crippen LogP) is 5.35. The van der Waals surface area contributed by atoms with Gasteiger partial charge in [-0.1, -0.05) is 20.8 Å². The van der Waals surface area contributed by atoms with Crippen LogP contribution < -0.4 is 15.4 Å². The molecule has 3 N–H and O–H groups in total. The maximum Gasteiger partial charge on any atom is 0.261 e. The van der Waals surface area contributed by atoms with E-state index in [9.17, 15) is 19.1 Å². The van der Waals surface area contributed by atoms with Gasteiger partial charge in [0.25, 0.3) is 11.8 Å². The summed E-state index contributed by atoms with van der Waals surface area (Å²) in [5.74, 6) is -0.628. The number of hydrogen-bond acceptors (Lipinski definition) is 6. The molecule has 0 atom stereocenters. The van der Waals surface area contributed by atoms with Crippen LogP contribution in [0.15, 0.2) is 29.6 Å². The molecule has 2 aromatic heterocycles. The molecule has 0 aliphatic heterocycles. The van der Waals surface area contributed by atoms with Crippen LogP contribution in [0.25, 0.3) is 9.40 Å². The van der Waals surface area contributed by atoms with Crippen LogP contribution in [0.1, 0.15) is 65.6 Å². The van der Waals surface area contributed by atoms with E-state index in [0.717, 1.165) is 36.8 Å². The molecule has 0 spiro atoms. The second-order valence-electron chi connectivity index (χ2n) is 7.22. The number of halogens is 1. The van der Waals surface area contributed by atoms with Gasteiger partial charge in [-0.15, -0.1) is 22.7 Å². The van der Waals surface area contributed by atoms with Crippen molar-refractivity contribution in [1.82, 2.24) is 10.6 Å². The Bertz CT molecular complexity index is 1020. The molecule has 0 fully saturated rings. The van der Waals surface area contributed by atoms with Gasteiger partial charge in [0.05, 0.1) is 23.7 Å². The number of thiophene rings is 2. The quantitative estimate of drug-likeness (QED) is 0.355. The van der Waals surface area contributed by atoms with Crippen LogP contribution in [0.3, 0.4) is 0 Å². The predicted molar refractivity (Wildman–Crippen MR) is 133 cm³/mol. The van der Waals surface area contributed by atoms with Crippen molar-refractivity contribution >= 4 is 43.9 Å². The Balaban J connectivity index is 0.000000243. The summed E-state index contributed by atoms with van der Waals surface area (Å²) in [5.41, 5.74) is 0.418. The molecule has 0 saturated heterocycles. The number of hydrogen-bond donors (Lipinski definition) is 3. The van der Waals surface area contributed by atoms with E-state index in [1.54, 1.807) is 22.7 Å². The van der Waals surface area contributed by atoms with Gasteiger partial charge in [0, 0.05) is 28.1 Å². The average Bonchev–Trinajstić information content (AvgIpc) is 3.42. The van der Waals surface area contributed by atoms with Crippen LogP contribution in [0, 0.1) is 5.82 Å². The highest BCUT2D eigenvalue weighted by Crippen LogP contribution is 2.30. The summed E-state index contributed by atoms with van der Waals surface area (Å²) in [6.07, 6.45) is 2.53. The molecule has 2 heterocycles. The number of carbonyl (C=O) groups excluding carboxylic acids is 2. The zero-order valence-corrected chi connectivity index (χ0v) is 20.8. The molecule has 6 nitrogen and oxygen atoms in total. The van der Waals surface area contributed by atoms with Crippen molar-refractivity contribution in [2.24, 2.45) is 0 Å². The number of nitrogens with one attached hydrogen (secondary N) is 2. The summed E-state index contributed by atoms with van der Waals surface area (Å²) >= 11 is 3.24. The van der Waals surface area contributed by atoms with Crippen molar-refractivity contribution in [3.63, 3.8) is 0 Å². The lowest BCUT2D eigenvalue weighted by atomic mass is 10.1. The van der Waals surface area contributed by atoms with E-state index >= 15 is 0 Å². The van der Waals surface area contributed by atoms with Gasteiger partial charge in [0.2, 0.25) is 0 Å². The minimum atomic E-state index is -0.561. The first kappa shape index (κ1) is 26.8. The summed E-state index contributed by atoms with van der Waals surface area (Å²) in [4.78, 5) is 24.4. The van der Waals surface area contributed by atoms with E-state index in [4.69, 9.17) is 4.74 Å². The number of aliphatic hydroxyl groups excluding tert-OH is 1. The third kappa shape index (κ3) is 7.80. The molecule has 0 unspecified atom stereocenters. The van der Waals surface area contributed by atoms with E-state index in [1.165, 1.54) is 15.5 Å². The Morgan fingerprint density at radius 1 is 1.00 bits per heavy atom. The molecule has 0 radical (unpaired) electrons. The zero-order chi connectivity index (χ0) is 24.2. The molecule has 9 heteroatoms. The number of fused-ring (bicyclic) bond motifs is 1. The lowest BCUT2D eigenvalue weighted by Gasteiger charge is -2.14. The van der Waals surface area contributed by atoms with E-state index < -0.39 is 5.82 Å². The zero-order valence-electron chi connectivity index (χ0n) is 19.2. The molecular weight excluding hydrogens is 463 g/mol. The van der Waals surface area contributed by atoms with Crippen molar-refractivity contribution in [3.8, 4) is 5.75 Å². The van der Waals surface area contributed by atoms with E-state index in [-0.39, 0.29) is 35.3 Å². The largest absolute Gasteiger partial charge is 0.492 e. The van der Waals surface area contributed by atoms with Gasteiger partial charge in [-0.3, -0.25) is 9.59 Å². The first-order chi connectivity index (χ1) is 15.9. The Hall–Kier alpha value is -2.49. The second kappa shape index (κ2) is 13.9. The Morgan fingerprint density at radius 3 is 2.30 bits per heavy atom. The van der Waals surface area contributed by atoms with Gasteiger partial charge in [0.15, 0.2) is 0 Å². The minimum absolute atomic E-state index is 0.0558. The fourth-order valence-electron chi connectivity index (χ4n) is 2.85. The third-order valence-corrected chi connectivity index (χ3v) is 6.52. The van der Waals surface area contributed by atoms with Gasteiger partial charge in [0.1, 0.15) is 11.6 Å². The molecule has 3 rings (SSSR count). The number of amides is 2. The number of benzene rings is 1. The maximum atomic E-state index is 13.5. The molecule has 2 amide bonds. The van der Waals surface area contributed by atoms with Crippen molar-refractivity contribution in [2.45, 2.75) is 46.6 Å². The average molecular weight is 495 g/mol. The first-order valence-corrected chi connectivity index (χ1v) is 12.7. The van der Waals surface area contributed by atoms with Crippen LogP contribution in [0.2, 0.25) is 0 Å². The molecule has 33 heavy (non-hydrogen) atoms. The van der Waals surface area contributed by atoms with Crippen LogP contribution >= 0.6 is 22.7 Å². The highest BCUT2D eigenvalue weighted by atomic mass is 32.1. The van der Waals surface area contributed by atoms with Crippen LogP contribution in [-0.4, -0.2) is 36.6 Å². The third-order valence-electron chi connectivity index (χ3n) is 4.43. The van der Waals surface area contributed by atoms with Gasteiger partial charge in [-0.05, 0) is 48.9 Å². The monoisotopic (exact) mass is 494 g/mol. The smallest absolute Gasteiger partial charge is 0.261 e. The lowest BCUT2D eigenvalue weighted by Crippen LogP contribution is -2.25. The SMILES string of the molecule is CCCNC(=O)c1cc(F)cc(CO)c1OCCC.CCCNC(=O)c1cc2sccc2s1. The lowest BCUT2D eigenvalue weighted by molar-refractivity contribution is 0.0943. The number of rotatable bonds is 10. The summed E-state index contributed by atoms with van der Waals surface area (Å²) in [7, 11) is 0. The van der Waals surface area contributed by atoms with Gasteiger partial charge >= 0.3 is 0 Å². The first-order valence-electron chi connectivity index (χ1n) is 11.0. The Kier molecular flexibility index (Phi) is 11.3. The van der Waals surface area contributed by atoms with Crippen molar-refractivity contribution < 1.29 is 23.8 Å². The highest BCUT2D eigenvalue weighted by molar-refractivity contribution is 7.27. The molecule has 0 aliphatic rings. The molecule has 0 saturated carbocycles. The topological polar surface area (TPSA) is 87.7 Å². The van der Waals surface area contributed by atoms with Crippen LogP contribution in [-0.2, 0) is 6.61 Å². The summed E-state index contributed by atoms with van der Waals surface area (Å²) in [6.45, 7) is 7.21. The molecule has 0 aliphatic carbocycles. The van der Waals surface area contributed by atoms with Crippen molar-refractivity contribution in [1.29, 1.82) is 0 Å². The van der Waals surface area contributed by atoms with Gasteiger partial charge < -0.3 is 20.5 Å². The molecule has 1 aromatic carbocycles.